The van der Waals surface area contributed by atoms with Crippen LogP contribution in [-0.2, 0) is 65.4 Å². The summed E-state index contributed by atoms with van der Waals surface area (Å²) in [7, 11) is -9.90. The van der Waals surface area contributed by atoms with Gasteiger partial charge in [-0.15, -0.1) is 0 Å². The van der Waals surface area contributed by atoms with Crippen LogP contribution in [0.2, 0.25) is 0 Å². The van der Waals surface area contributed by atoms with E-state index in [4.69, 9.17) is 37.0 Å². The monoisotopic (exact) mass is 1370 g/mol. The van der Waals surface area contributed by atoms with Crippen molar-refractivity contribution in [2.24, 2.45) is 11.8 Å². The number of esters is 4. The molecular weight excluding hydrogens is 1220 g/mol. The van der Waals surface area contributed by atoms with Gasteiger partial charge in [-0.05, 0) is 37.5 Å². The molecule has 0 aliphatic rings. The highest BCUT2D eigenvalue weighted by atomic mass is 31.2. The fraction of sp³-hybridized carbons (Fsp3) is 0.946. The summed E-state index contributed by atoms with van der Waals surface area (Å²) < 4.78 is 68.4. The number of phosphoric acid groups is 2. The molecule has 0 radical (unpaired) electrons. The third-order valence-corrected chi connectivity index (χ3v) is 19.5. The molecule has 0 bridgehead atoms. The Morgan fingerprint density at radius 3 is 0.817 bits per heavy atom. The van der Waals surface area contributed by atoms with Crippen molar-refractivity contribution in [3.63, 3.8) is 0 Å². The Morgan fingerprint density at radius 1 is 0.312 bits per heavy atom. The summed E-state index contributed by atoms with van der Waals surface area (Å²) in [5, 5.41) is 10.6. The number of phosphoric ester groups is 2. The lowest BCUT2D eigenvalue weighted by Crippen LogP contribution is -2.30. The molecule has 19 heteroatoms. The minimum Gasteiger partial charge on any atom is -0.462 e. The molecule has 0 rings (SSSR count). The lowest BCUT2D eigenvalue weighted by Gasteiger charge is -2.21. The molecule has 0 fully saturated rings. The predicted octanol–water partition coefficient (Wildman–Crippen LogP) is 21.6. The van der Waals surface area contributed by atoms with E-state index in [2.05, 4.69) is 41.5 Å². The normalized spacial score (nSPS) is 14.3. The number of carbonyl (C=O) groups excluding carboxylic acids is 4. The number of ether oxygens (including phenoxy) is 4. The highest BCUT2D eigenvalue weighted by Crippen LogP contribution is 2.45. The van der Waals surface area contributed by atoms with Gasteiger partial charge >= 0.3 is 39.5 Å². The molecule has 6 atom stereocenters. The van der Waals surface area contributed by atoms with Crippen LogP contribution in [0.3, 0.4) is 0 Å². The molecule has 0 aliphatic carbocycles. The third kappa shape index (κ3) is 67.0. The van der Waals surface area contributed by atoms with Gasteiger partial charge in [0, 0.05) is 25.7 Å². The number of rotatable bonds is 73. The lowest BCUT2D eigenvalue weighted by molar-refractivity contribution is -0.161. The Morgan fingerprint density at radius 2 is 0.548 bits per heavy atom. The maximum absolute atomic E-state index is 13.1. The summed E-state index contributed by atoms with van der Waals surface area (Å²) >= 11 is 0. The summed E-state index contributed by atoms with van der Waals surface area (Å²) in [5.74, 6) is -0.538. The Balaban J connectivity index is 5.22. The quantitative estimate of drug-likeness (QED) is 0.0222. The molecule has 0 aromatic carbocycles. The highest BCUT2D eigenvalue weighted by Gasteiger charge is 2.30. The Kier molecular flexibility index (Phi) is 64.6. The van der Waals surface area contributed by atoms with Gasteiger partial charge in [0.2, 0.25) is 0 Å². The van der Waals surface area contributed by atoms with E-state index in [1.54, 1.807) is 0 Å². The number of aliphatic hydroxyl groups is 1. The Hall–Kier alpha value is -1.94. The van der Waals surface area contributed by atoms with Gasteiger partial charge in [0.15, 0.2) is 12.2 Å². The smallest absolute Gasteiger partial charge is 0.462 e. The minimum absolute atomic E-state index is 0.105. The van der Waals surface area contributed by atoms with Crippen molar-refractivity contribution in [1.82, 2.24) is 0 Å². The SMILES string of the molecule is CCCCCCCCCCCCCCCCCC(=O)OC[C@H](COP(=O)(O)OC[C@@H](O)COP(=O)(O)OC[C@@H](COC(=O)CCCCCCCCCC)OC(=O)CCCCCCCCCCCC(C)C)OC(=O)CCCCCCCCCCCCCCCCC(C)CC. The predicted molar refractivity (Wildman–Crippen MR) is 377 cm³/mol. The first-order valence-electron chi connectivity index (χ1n) is 38.5. The van der Waals surface area contributed by atoms with Crippen molar-refractivity contribution in [2.45, 2.75) is 400 Å². The number of aliphatic hydroxyl groups excluding tert-OH is 1. The van der Waals surface area contributed by atoms with Crippen LogP contribution in [0.4, 0.5) is 0 Å². The van der Waals surface area contributed by atoms with E-state index in [9.17, 15) is 43.2 Å². The van der Waals surface area contributed by atoms with Crippen LogP contribution < -0.4 is 0 Å². The number of hydrogen-bond donors (Lipinski definition) is 3. The van der Waals surface area contributed by atoms with E-state index in [-0.39, 0.29) is 25.7 Å². The van der Waals surface area contributed by atoms with Crippen LogP contribution in [-0.4, -0.2) is 96.7 Å². The zero-order valence-electron chi connectivity index (χ0n) is 60.6. The molecule has 3 unspecified atom stereocenters. The average molecular weight is 1370 g/mol. The zero-order chi connectivity index (χ0) is 68.6. The topological polar surface area (TPSA) is 237 Å². The number of hydrogen-bond acceptors (Lipinski definition) is 15. The molecule has 0 amide bonds. The molecular formula is C74H144O17P2. The van der Waals surface area contributed by atoms with Gasteiger partial charge in [-0.25, -0.2) is 9.13 Å². The van der Waals surface area contributed by atoms with Crippen LogP contribution in [0.1, 0.15) is 382 Å². The van der Waals surface area contributed by atoms with Crippen LogP contribution >= 0.6 is 15.6 Å². The molecule has 0 saturated carbocycles. The van der Waals surface area contributed by atoms with Gasteiger partial charge in [0.25, 0.3) is 0 Å². The summed E-state index contributed by atoms with van der Waals surface area (Å²) in [4.78, 5) is 72.6. The molecule has 0 heterocycles. The van der Waals surface area contributed by atoms with Gasteiger partial charge < -0.3 is 33.8 Å². The van der Waals surface area contributed by atoms with E-state index in [1.165, 1.54) is 193 Å². The van der Waals surface area contributed by atoms with E-state index in [0.29, 0.717) is 25.7 Å². The van der Waals surface area contributed by atoms with Gasteiger partial charge in [0.05, 0.1) is 26.4 Å². The summed E-state index contributed by atoms with van der Waals surface area (Å²) in [6.07, 6.45) is 52.7. The second-order valence-electron chi connectivity index (χ2n) is 27.4. The van der Waals surface area contributed by atoms with Crippen molar-refractivity contribution < 1.29 is 80.2 Å². The van der Waals surface area contributed by atoms with E-state index < -0.39 is 97.5 Å². The maximum Gasteiger partial charge on any atom is 0.472 e. The summed E-state index contributed by atoms with van der Waals surface area (Å²) in [6, 6.07) is 0. The van der Waals surface area contributed by atoms with Gasteiger partial charge in [-0.1, -0.05) is 330 Å². The van der Waals surface area contributed by atoms with Crippen LogP contribution in [0, 0.1) is 11.8 Å². The lowest BCUT2D eigenvalue weighted by atomic mass is 9.99. The summed E-state index contributed by atoms with van der Waals surface area (Å²) in [5.41, 5.74) is 0. The molecule has 0 aromatic heterocycles. The van der Waals surface area contributed by atoms with Gasteiger partial charge in [-0.3, -0.25) is 37.3 Å². The van der Waals surface area contributed by atoms with Gasteiger partial charge in [-0.2, -0.15) is 0 Å². The standard InChI is InChI=1S/C74H144O17P2/c1-7-10-12-14-16-18-19-20-21-25-28-33-39-45-51-57-72(77)85-63-70(90-73(78)58-52-46-40-34-29-26-23-22-24-27-32-37-43-49-55-67(6)9-3)65-89-93(82,83)87-61-68(75)60-86-92(80,81)88-64-69(62-84-71(76)56-50-44-38-17-15-13-11-8-2)91-74(79)59-53-47-41-35-30-31-36-42-48-54-66(4)5/h66-70,75H,7-65H2,1-6H3,(H,80,81)(H,82,83)/t67?,68-,69+,70+/m0/s1. The molecule has 0 aromatic rings. The molecule has 0 spiro atoms. The molecule has 552 valence electrons. The van der Waals surface area contributed by atoms with E-state index in [1.807, 2.05) is 0 Å². The Bertz CT molecular complexity index is 1810. The van der Waals surface area contributed by atoms with Crippen LogP contribution in [0.5, 0.6) is 0 Å². The van der Waals surface area contributed by atoms with Crippen molar-refractivity contribution >= 4 is 39.5 Å². The number of carbonyl (C=O) groups is 4. The zero-order valence-corrected chi connectivity index (χ0v) is 62.3. The highest BCUT2D eigenvalue weighted by molar-refractivity contribution is 7.47. The van der Waals surface area contributed by atoms with Crippen LogP contribution in [0.15, 0.2) is 0 Å². The minimum atomic E-state index is -4.96. The molecule has 3 N–H and O–H groups in total. The second kappa shape index (κ2) is 66.0. The maximum atomic E-state index is 13.1. The first-order valence-corrected chi connectivity index (χ1v) is 41.5. The van der Waals surface area contributed by atoms with Crippen molar-refractivity contribution in [1.29, 1.82) is 0 Å². The Labute approximate surface area is 568 Å². The first-order chi connectivity index (χ1) is 44.9. The molecule has 93 heavy (non-hydrogen) atoms. The second-order valence-corrected chi connectivity index (χ2v) is 30.3. The number of unbranched alkanes of at least 4 members (excludes halogenated alkanes) is 42. The average Bonchev–Trinajstić information content (AvgIpc) is 3.72. The van der Waals surface area contributed by atoms with Crippen molar-refractivity contribution in [3.8, 4) is 0 Å². The van der Waals surface area contributed by atoms with Crippen LogP contribution in [0.25, 0.3) is 0 Å². The van der Waals surface area contributed by atoms with E-state index in [0.717, 1.165) is 108 Å². The molecule has 0 aliphatic heterocycles. The first kappa shape index (κ1) is 91.1. The third-order valence-electron chi connectivity index (χ3n) is 17.6. The molecule has 17 nitrogen and oxygen atoms in total. The molecule has 0 saturated heterocycles. The van der Waals surface area contributed by atoms with Crippen molar-refractivity contribution in [3.05, 3.63) is 0 Å². The van der Waals surface area contributed by atoms with Gasteiger partial charge in [0.1, 0.15) is 19.3 Å². The fourth-order valence-corrected chi connectivity index (χ4v) is 12.8. The summed E-state index contributed by atoms with van der Waals surface area (Å²) in [6.45, 7) is 9.59. The largest absolute Gasteiger partial charge is 0.472 e. The van der Waals surface area contributed by atoms with E-state index >= 15 is 0 Å². The fourth-order valence-electron chi connectivity index (χ4n) is 11.3. The van der Waals surface area contributed by atoms with Crippen molar-refractivity contribution in [2.75, 3.05) is 39.6 Å².